The fraction of sp³-hybridized carbons (Fsp3) is 0.133. The molecule has 1 atom stereocenters. The van der Waals surface area contributed by atoms with Crippen molar-refractivity contribution < 1.29 is 9.53 Å². The maximum absolute atomic E-state index is 13.5. The molecular weight excluding hydrogens is 498 g/mol. The van der Waals surface area contributed by atoms with E-state index in [-0.39, 0.29) is 5.91 Å². The highest BCUT2D eigenvalue weighted by molar-refractivity contribution is 8.00. The van der Waals surface area contributed by atoms with Crippen molar-refractivity contribution in [3.63, 3.8) is 0 Å². The van der Waals surface area contributed by atoms with E-state index in [9.17, 15) is 4.79 Å². The van der Waals surface area contributed by atoms with Gasteiger partial charge in [-0.2, -0.15) is 0 Å². The van der Waals surface area contributed by atoms with Crippen molar-refractivity contribution in [1.82, 2.24) is 0 Å². The second-order valence-electron chi connectivity index (χ2n) is 8.30. The third-order valence-corrected chi connectivity index (χ3v) is 6.89. The molecule has 0 saturated heterocycles. The van der Waals surface area contributed by atoms with E-state index in [1.165, 1.54) is 17.3 Å². The van der Waals surface area contributed by atoms with E-state index >= 15 is 0 Å². The Morgan fingerprint density at radius 2 is 1.54 bits per heavy atom. The summed E-state index contributed by atoms with van der Waals surface area (Å²) in [5.41, 5.74) is 4.51. The molecule has 0 aliphatic rings. The largest absolute Gasteiger partial charge is 0.492 e. The topological polar surface area (TPSA) is 62.4 Å². The summed E-state index contributed by atoms with van der Waals surface area (Å²) in [6, 6.07) is 33.2. The first kappa shape index (κ1) is 26.3. The first-order valence-corrected chi connectivity index (χ1v) is 13.3. The number of ether oxygens (including phenoxy) is 1. The van der Waals surface area contributed by atoms with Crippen LogP contribution in [0.15, 0.2) is 108 Å². The van der Waals surface area contributed by atoms with E-state index in [1.807, 2.05) is 117 Å². The number of carbonyl (C=O) groups is 1. The molecule has 4 aromatic rings. The number of para-hydroxylation sites is 2. The lowest BCUT2D eigenvalue weighted by molar-refractivity contribution is -0.115. The van der Waals surface area contributed by atoms with Crippen molar-refractivity contribution in [3.8, 4) is 5.75 Å². The summed E-state index contributed by atoms with van der Waals surface area (Å²) in [4.78, 5) is 14.5. The molecule has 0 fully saturated rings. The standard InChI is InChI=1S/C30H29N3O2S2/c1-3-35-27-15-8-7-14-26(27)33-29(34)28(22-10-5-4-6-11-22)37-25-13-9-12-24(20-25)32-30(36)31-23-18-16-21(2)17-19-23/h4-20,28H,3H2,1-2H3,(H,33,34)(H2,31,32,36). The van der Waals surface area contributed by atoms with Crippen LogP contribution in [0.4, 0.5) is 17.1 Å². The zero-order valence-corrected chi connectivity index (χ0v) is 22.4. The molecule has 1 unspecified atom stereocenters. The second-order valence-corrected chi connectivity index (χ2v) is 9.89. The number of hydrogen-bond acceptors (Lipinski definition) is 4. The molecule has 0 spiro atoms. The minimum absolute atomic E-state index is 0.127. The molecule has 5 nitrogen and oxygen atoms in total. The van der Waals surface area contributed by atoms with Crippen LogP contribution in [-0.2, 0) is 4.79 Å². The molecule has 0 heterocycles. The first-order valence-electron chi connectivity index (χ1n) is 12.0. The average molecular weight is 528 g/mol. The summed E-state index contributed by atoms with van der Waals surface area (Å²) >= 11 is 6.98. The van der Waals surface area contributed by atoms with Gasteiger partial charge in [-0.1, -0.05) is 66.2 Å². The number of nitrogens with one attached hydrogen (secondary N) is 3. The van der Waals surface area contributed by atoms with Gasteiger partial charge in [0.1, 0.15) is 11.0 Å². The minimum atomic E-state index is -0.469. The van der Waals surface area contributed by atoms with Crippen molar-refractivity contribution >= 4 is 52.1 Å². The highest BCUT2D eigenvalue weighted by Crippen LogP contribution is 2.38. The molecule has 0 saturated carbocycles. The van der Waals surface area contributed by atoms with E-state index in [1.54, 1.807) is 0 Å². The van der Waals surface area contributed by atoms with E-state index in [2.05, 4.69) is 16.0 Å². The monoisotopic (exact) mass is 527 g/mol. The molecule has 1 amide bonds. The number of rotatable bonds is 9. The minimum Gasteiger partial charge on any atom is -0.492 e. The van der Waals surface area contributed by atoms with Crippen LogP contribution in [0, 0.1) is 6.92 Å². The predicted molar refractivity (Wildman–Crippen MR) is 159 cm³/mol. The summed E-state index contributed by atoms with van der Waals surface area (Å²) < 4.78 is 5.69. The molecule has 3 N–H and O–H groups in total. The van der Waals surface area contributed by atoms with Gasteiger partial charge in [-0.15, -0.1) is 11.8 Å². The summed E-state index contributed by atoms with van der Waals surface area (Å²) in [5, 5.41) is 9.53. The Bertz CT molecular complexity index is 1340. The maximum atomic E-state index is 13.5. The average Bonchev–Trinajstić information content (AvgIpc) is 2.90. The lowest BCUT2D eigenvalue weighted by atomic mass is 10.1. The van der Waals surface area contributed by atoms with Gasteiger partial charge in [0.05, 0.1) is 12.3 Å². The molecule has 37 heavy (non-hydrogen) atoms. The number of amides is 1. The lowest BCUT2D eigenvalue weighted by Crippen LogP contribution is -2.20. The molecule has 7 heteroatoms. The highest BCUT2D eigenvalue weighted by Gasteiger charge is 2.23. The van der Waals surface area contributed by atoms with E-state index in [0.717, 1.165) is 21.8 Å². The Balaban J connectivity index is 1.50. The Labute approximate surface area is 227 Å². The summed E-state index contributed by atoms with van der Waals surface area (Å²) in [6.45, 7) is 4.48. The second kappa shape index (κ2) is 12.9. The molecule has 0 aromatic heterocycles. The van der Waals surface area contributed by atoms with Gasteiger partial charge in [0.15, 0.2) is 5.11 Å². The molecule has 0 radical (unpaired) electrons. The van der Waals surface area contributed by atoms with Gasteiger partial charge in [-0.05, 0) is 74.1 Å². The first-order chi connectivity index (χ1) is 18.0. The Morgan fingerprint density at radius 3 is 2.30 bits per heavy atom. The molecule has 0 aliphatic heterocycles. The number of aryl methyl sites for hydroxylation is 1. The van der Waals surface area contributed by atoms with Crippen LogP contribution in [0.2, 0.25) is 0 Å². The molecule has 0 aliphatic carbocycles. The Morgan fingerprint density at radius 1 is 0.838 bits per heavy atom. The Kier molecular flexibility index (Phi) is 9.18. The van der Waals surface area contributed by atoms with E-state index in [0.29, 0.717) is 23.2 Å². The quantitative estimate of drug-likeness (QED) is 0.153. The normalized spacial score (nSPS) is 11.3. The fourth-order valence-corrected chi connectivity index (χ4v) is 4.98. The summed E-state index contributed by atoms with van der Waals surface area (Å²) in [7, 11) is 0. The van der Waals surface area contributed by atoms with Gasteiger partial charge >= 0.3 is 0 Å². The van der Waals surface area contributed by atoms with Gasteiger partial charge in [0, 0.05) is 16.3 Å². The van der Waals surface area contributed by atoms with Crippen LogP contribution >= 0.6 is 24.0 Å². The third kappa shape index (κ3) is 7.59. The number of benzene rings is 4. The fourth-order valence-electron chi connectivity index (χ4n) is 3.66. The van der Waals surface area contributed by atoms with Crippen LogP contribution in [-0.4, -0.2) is 17.6 Å². The number of thioether (sulfide) groups is 1. The number of carbonyl (C=O) groups excluding carboxylic acids is 1. The van der Waals surface area contributed by atoms with Crippen molar-refractivity contribution in [2.24, 2.45) is 0 Å². The van der Waals surface area contributed by atoms with E-state index in [4.69, 9.17) is 17.0 Å². The van der Waals surface area contributed by atoms with Crippen LogP contribution in [0.3, 0.4) is 0 Å². The zero-order chi connectivity index (χ0) is 26.0. The van der Waals surface area contributed by atoms with Crippen LogP contribution in [0.1, 0.15) is 23.3 Å². The highest BCUT2D eigenvalue weighted by atomic mass is 32.2. The SMILES string of the molecule is CCOc1ccccc1NC(=O)C(Sc1cccc(NC(=S)Nc2ccc(C)cc2)c1)c1ccccc1. The smallest absolute Gasteiger partial charge is 0.242 e. The van der Waals surface area contributed by atoms with Crippen LogP contribution < -0.4 is 20.7 Å². The number of hydrogen-bond donors (Lipinski definition) is 3. The number of anilines is 3. The van der Waals surface area contributed by atoms with Crippen molar-refractivity contribution in [1.29, 1.82) is 0 Å². The van der Waals surface area contributed by atoms with Crippen molar-refractivity contribution in [2.45, 2.75) is 24.0 Å². The van der Waals surface area contributed by atoms with Gasteiger partial charge in [0.25, 0.3) is 0 Å². The zero-order valence-electron chi connectivity index (χ0n) is 20.7. The maximum Gasteiger partial charge on any atom is 0.242 e. The molecular formula is C30H29N3O2S2. The molecule has 4 rings (SSSR count). The molecule has 0 bridgehead atoms. The van der Waals surface area contributed by atoms with Gasteiger partial charge in [-0.3, -0.25) is 4.79 Å². The van der Waals surface area contributed by atoms with Gasteiger partial charge in [0.2, 0.25) is 5.91 Å². The third-order valence-electron chi connectivity index (χ3n) is 5.44. The van der Waals surface area contributed by atoms with Crippen molar-refractivity contribution in [3.05, 3.63) is 114 Å². The lowest BCUT2D eigenvalue weighted by Gasteiger charge is -2.19. The van der Waals surface area contributed by atoms with Crippen LogP contribution in [0.5, 0.6) is 5.75 Å². The van der Waals surface area contributed by atoms with Crippen molar-refractivity contribution in [2.75, 3.05) is 22.6 Å². The van der Waals surface area contributed by atoms with Crippen LogP contribution in [0.25, 0.3) is 0 Å². The Hall–Kier alpha value is -3.81. The van der Waals surface area contributed by atoms with E-state index < -0.39 is 5.25 Å². The molecule has 188 valence electrons. The van der Waals surface area contributed by atoms with Gasteiger partial charge in [-0.25, -0.2) is 0 Å². The number of thiocarbonyl (C=S) groups is 1. The molecule has 4 aromatic carbocycles. The summed E-state index contributed by atoms with van der Waals surface area (Å²) in [5.74, 6) is 0.522. The summed E-state index contributed by atoms with van der Waals surface area (Å²) in [6.07, 6.45) is 0. The predicted octanol–water partition coefficient (Wildman–Crippen LogP) is 7.67. The van der Waals surface area contributed by atoms with Gasteiger partial charge < -0.3 is 20.7 Å².